The number of likely N-dealkylation sites (tertiary alicyclic amines) is 2. The topological polar surface area (TPSA) is 193 Å². The van der Waals surface area contributed by atoms with E-state index in [-0.39, 0.29) is 31.2 Å². The number of amides is 2. The van der Waals surface area contributed by atoms with E-state index in [0.29, 0.717) is 23.2 Å². The highest BCUT2D eigenvalue weighted by Crippen LogP contribution is 2.36. The number of halogens is 4. The van der Waals surface area contributed by atoms with Crippen molar-refractivity contribution in [2.24, 2.45) is 14.1 Å². The summed E-state index contributed by atoms with van der Waals surface area (Å²) in [6.45, 7) is 7.82. The standard InChI is InChI=1S/C21H23F2N5O3S.C19H19F2N5O3S/c1-3-16-13(11-28-6-4-5-7-28)10-17(31-16)19-24-25-21(27(19)2)32-18-14(22)8-12(9-15(18)23)20(29)26-30;1-25-17(15-5-4-12(29-15)10-26-6-2-3-7-26)22-23-19(25)30-16-13(20)8-11(9-14(16)21)18(27)24-28/h8-10,30H,3-7,11H2,1-2H3,(H,26,29);4-5,8-9,28H,2-3,6-7,10H2,1H3,(H,24,27). The molecule has 22 heteroatoms. The molecule has 0 aliphatic carbocycles. The van der Waals surface area contributed by atoms with E-state index in [4.69, 9.17) is 19.2 Å². The van der Waals surface area contributed by atoms with Crippen LogP contribution in [0.3, 0.4) is 0 Å². The first-order valence-corrected chi connectivity index (χ1v) is 21.2. The van der Waals surface area contributed by atoms with Crippen LogP contribution in [0.1, 0.15) is 70.4 Å². The van der Waals surface area contributed by atoms with Gasteiger partial charge in [-0.15, -0.1) is 20.4 Å². The van der Waals surface area contributed by atoms with Crippen LogP contribution in [-0.4, -0.2) is 87.7 Å². The second-order valence-electron chi connectivity index (χ2n) is 14.5. The normalized spacial score (nSPS) is 14.3. The molecule has 4 aromatic heterocycles. The predicted octanol–water partition coefficient (Wildman–Crippen LogP) is 7.00. The van der Waals surface area contributed by atoms with Crippen molar-refractivity contribution in [3.8, 4) is 23.2 Å². The number of carbonyl (C=O) groups excluding carboxylic acids is 2. The fraction of sp³-hybridized carbons (Fsp3) is 0.350. The van der Waals surface area contributed by atoms with E-state index in [1.807, 2.05) is 19.1 Å². The lowest BCUT2D eigenvalue weighted by Gasteiger charge is -2.13. The lowest BCUT2D eigenvalue weighted by Crippen LogP contribution is -2.19. The molecule has 4 N–H and O–H groups in total. The van der Waals surface area contributed by atoms with E-state index in [1.54, 1.807) is 29.3 Å². The molecule has 6 aromatic rings. The number of hydrogen-bond acceptors (Lipinski definition) is 14. The molecule has 6 heterocycles. The molecule has 328 valence electrons. The summed E-state index contributed by atoms with van der Waals surface area (Å²) >= 11 is 1.49. The summed E-state index contributed by atoms with van der Waals surface area (Å²) in [5.41, 5.74) is 3.13. The van der Waals surface area contributed by atoms with Gasteiger partial charge in [-0.2, -0.15) is 0 Å². The minimum absolute atomic E-state index is 0.250. The summed E-state index contributed by atoms with van der Waals surface area (Å²) in [5, 5.41) is 34.1. The Kier molecular flexibility index (Phi) is 14.1. The molecular weight excluding hydrogens is 857 g/mol. The molecule has 16 nitrogen and oxygen atoms in total. The summed E-state index contributed by atoms with van der Waals surface area (Å²) < 4.78 is 72.7. The number of aromatic nitrogens is 6. The Hall–Kier alpha value is -5.52. The molecule has 2 aliphatic heterocycles. The third kappa shape index (κ3) is 9.90. The molecule has 2 fully saturated rings. The van der Waals surface area contributed by atoms with Crippen LogP contribution >= 0.6 is 23.5 Å². The van der Waals surface area contributed by atoms with E-state index in [0.717, 1.165) is 111 Å². The average molecular weight is 899 g/mol. The van der Waals surface area contributed by atoms with Gasteiger partial charge in [-0.25, -0.2) is 28.5 Å². The second kappa shape index (κ2) is 19.7. The zero-order valence-electron chi connectivity index (χ0n) is 33.8. The number of furan rings is 2. The predicted molar refractivity (Wildman–Crippen MR) is 215 cm³/mol. The number of hydroxylamine groups is 2. The van der Waals surface area contributed by atoms with Crippen molar-refractivity contribution in [3.05, 3.63) is 93.9 Å². The van der Waals surface area contributed by atoms with E-state index in [2.05, 4.69) is 30.2 Å². The highest BCUT2D eigenvalue weighted by Gasteiger charge is 2.25. The molecular formula is C40H42F4N10O6S2. The molecule has 0 saturated carbocycles. The van der Waals surface area contributed by atoms with Gasteiger partial charge in [-0.05, 0) is 118 Å². The Morgan fingerprint density at radius 2 is 1.11 bits per heavy atom. The second-order valence-corrected chi connectivity index (χ2v) is 16.5. The van der Waals surface area contributed by atoms with Crippen molar-refractivity contribution in [3.63, 3.8) is 0 Å². The van der Waals surface area contributed by atoms with Crippen molar-refractivity contribution < 1.29 is 46.4 Å². The number of rotatable bonds is 13. The Balaban J connectivity index is 0.000000187. The Morgan fingerprint density at radius 3 is 1.56 bits per heavy atom. The van der Waals surface area contributed by atoms with Gasteiger partial charge in [0, 0.05) is 43.8 Å². The van der Waals surface area contributed by atoms with Crippen LogP contribution in [0, 0.1) is 23.3 Å². The monoisotopic (exact) mass is 898 g/mol. The van der Waals surface area contributed by atoms with Crippen LogP contribution in [-0.2, 0) is 33.6 Å². The molecule has 0 spiro atoms. The van der Waals surface area contributed by atoms with Gasteiger partial charge in [0.15, 0.2) is 33.5 Å². The van der Waals surface area contributed by atoms with Crippen molar-refractivity contribution in [1.29, 1.82) is 0 Å². The summed E-state index contributed by atoms with van der Waals surface area (Å²) in [6.07, 6.45) is 5.53. The van der Waals surface area contributed by atoms with Gasteiger partial charge < -0.3 is 18.0 Å². The molecule has 0 bridgehead atoms. The molecule has 2 aliphatic rings. The van der Waals surface area contributed by atoms with E-state index < -0.39 is 35.1 Å². The quantitative estimate of drug-likeness (QED) is 0.0526. The zero-order chi connectivity index (χ0) is 44.1. The molecule has 0 unspecified atom stereocenters. The lowest BCUT2D eigenvalue weighted by atomic mass is 10.2. The lowest BCUT2D eigenvalue weighted by molar-refractivity contribution is 0.0701. The van der Waals surface area contributed by atoms with Crippen LogP contribution in [0.15, 0.2) is 71.4 Å². The summed E-state index contributed by atoms with van der Waals surface area (Å²) in [6, 6.07) is 9.01. The fourth-order valence-corrected chi connectivity index (χ4v) is 8.66. The highest BCUT2D eigenvalue weighted by molar-refractivity contribution is 7.99. The first-order chi connectivity index (χ1) is 29.9. The van der Waals surface area contributed by atoms with Gasteiger partial charge in [0.25, 0.3) is 11.8 Å². The number of hydrogen-bond donors (Lipinski definition) is 4. The fourth-order valence-electron chi connectivity index (χ4n) is 7.06. The summed E-state index contributed by atoms with van der Waals surface area (Å²) in [4.78, 5) is 26.8. The number of aryl methyl sites for hydroxylation is 1. The maximum Gasteiger partial charge on any atom is 0.274 e. The van der Waals surface area contributed by atoms with Crippen molar-refractivity contribution in [2.45, 2.75) is 72.2 Å². The van der Waals surface area contributed by atoms with Gasteiger partial charge in [-0.1, -0.05) is 6.92 Å². The Labute approximate surface area is 360 Å². The SMILES string of the molecule is CCc1oc(-c2nnc(Sc3c(F)cc(C(=O)NO)cc3F)n2C)cc1CN1CCCC1.Cn1c(Sc2c(F)cc(C(=O)NO)cc2F)nnc1-c1ccc(CN2CCCC2)o1. The van der Waals surface area contributed by atoms with Crippen molar-refractivity contribution in [1.82, 2.24) is 50.3 Å². The van der Waals surface area contributed by atoms with Crippen LogP contribution in [0.25, 0.3) is 23.2 Å². The van der Waals surface area contributed by atoms with E-state index >= 15 is 0 Å². The van der Waals surface area contributed by atoms with Crippen LogP contribution < -0.4 is 11.0 Å². The molecule has 2 amide bonds. The third-order valence-corrected chi connectivity index (χ3v) is 12.5. The zero-order valence-corrected chi connectivity index (χ0v) is 35.4. The van der Waals surface area contributed by atoms with Crippen LogP contribution in [0.5, 0.6) is 0 Å². The Morgan fingerprint density at radius 1 is 0.661 bits per heavy atom. The largest absolute Gasteiger partial charge is 0.457 e. The van der Waals surface area contributed by atoms with Gasteiger partial charge >= 0.3 is 0 Å². The highest BCUT2D eigenvalue weighted by atomic mass is 32.2. The smallest absolute Gasteiger partial charge is 0.274 e. The average Bonchev–Trinajstić information content (AvgIpc) is 4.13. The number of benzene rings is 2. The number of nitrogens with one attached hydrogen (secondary N) is 2. The molecule has 8 rings (SSSR count). The first-order valence-electron chi connectivity index (χ1n) is 19.5. The van der Waals surface area contributed by atoms with Crippen LogP contribution in [0.2, 0.25) is 0 Å². The molecule has 62 heavy (non-hydrogen) atoms. The van der Waals surface area contributed by atoms with Crippen molar-refractivity contribution in [2.75, 3.05) is 26.2 Å². The van der Waals surface area contributed by atoms with Gasteiger partial charge in [0.05, 0.1) is 16.3 Å². The minimum atomic E-state index is -1.01. The number of carbonyl (C=O) groups is 2. The van der Waals surface area contributed by atoms with E-state index in [9.17, 15) is 27.2 Å². The van der Waals surface area contributed by atoms with E-state index in [1.165, 1.54) is 36.6 Å². The number of nitrogens with zero attached hydrogens (tertiary/aromatic N) is 8. The first kappa shape index (κ1) is 44.5. The maximum atomic E-state index is 14.4. The van der Waals surface area contributed by atoms with Crippen LogP contribution in [0.4, 0.5) is 17.6 Å². The maximum absolute atomic E-state index is 14.4. The van der Waals surface area contributed by atoms with Gasteiger partial charge in [0.1, 0.15) is 34.8 Å². The molecule has 2 aromatic carbocycles. The van der Waals surface area contributed by atoms with Gasteiger partial charge in [-0.3, -0.25) is 29.8 Å². The molecule has 2 saturated heterocycles. The Bertz CT molecular complexity index is 2520. The van der Waals surface area contributed by atoms with Crippen molar-refractivity contribution >= 4 is 35.3 Å². The van der Waals surface area contributed by atoms with Gasteiger partial charge in [0.2, 0.25) is 0 Å². The molecule has 0 radical (unpaired) electrons. The minimum Gasteiger partial charge on any atom is -0.457 e. The third-order valence-electron chi connectivity index (χ3n) is 10.3. The summed E-state index contributed by atoms with van der Waals surface area (Å²) in [5.74, 6) is -2.15. The molecule has 0 atom stereocenters. The summed E-state index contributed by atoms with van der Waals surface area (Å²) in [7, 11) is 3.36.